The van der Waals surface area contributed by atoms with Crippen LogP contribution in [0.25, 0.3) is 0 Å². The third-order valence-electron chi connectivity index (χ3n) is 3.52. The van der Waals surface area contributed by atoms with Crippen LogP contribution in [-0.2, 0) is 16.0 Å². The molecular formula is C16H16BNO6. The largest absolute Gasteiger partial charge is 0.491 e. The van der Waals surface area contributed by atoms with E-state index in [0.29, 0.717) is 19.0 Å². The van der Waals surface area contributed by atoms with Crippen molar-refractivity contribution in [2.75, 3.05) is 13.7 Å². The lowest BCUT2D eigenvalue weighted by molar-refractivity contribution is 0.0595. The van der Waals surface area contributed by atoms with E-state index in [-0.39, 0.29) is 17.3 Å². The number of carbonyl (C=O) groups is 1. The predicted molar refractivity (Wildman–Crippen MR) is 85.7 cm³/mol. The van der Waals surface area contributed by atoms with Crippen molar-refractivity contribution in [3.05, 3.63) is 41.5 Å². The summed E-state index contributed by atoms with van der Waals surface area (Å²) in [6, 6.07) is 8.34. The van der Waals surface area contributed by atoms with Gasteiger partial charge in [-0.15, -0.1) is 0 Å². The molecule has 124 valence electrons. The third kappa shape index (κ3) is 3.20. The molecule has 1 aromatic carbocycles. The molecule has 0 saturated carbocycles. The van der Waals surface area contributed by atoms with Gasteiger partial charge >= 0.3 is 13.1 Å². The van der Waals surface area contributed by atoms with E-state index in [9.17, 15) is 9.82 Å². The summed E-state index contributed by atoms with van der Waals surface area (Å²) in [5, 5.41) is 9.63. The average Bonchev–Trinajstić information content (AvgIpc) is 2.95. The summed E-state index contributed by atoms with van der Waals surface area (Å²) >= 11 is 0. The summed E-state index contributed by atoms with van der Waals surface area (Å²) in [7, 11) is 0.403. The van der Waals surface area contributed by atoms with Crippen LogP contribution in [0.15, 0.2) is 30.3 Å². The Bertz CT molecular complexity index is 766. The van der Waals surface area contributed by atoms with Gasteiger partial charge in [0.25, 0.3) is 0 Å². The minimum Gasteiger partial charge on any atom is -0.477 e. The molecule has 8 heteroatoms. The van der Waals surface area contributed by atoms with Crippen LogP contribution in [0.2, 0.25) is 0 Å². The molecule has 0 spiro atoms. The number of fused-ring (bicyclic) bond motifs is 1. The van der Waals surface area contributed by atoms with Gasteiger partial charge in [0.2, 0.25) is 11.8 Å². The molecule has 0 saturated heterocycles. The van der Waals surface area contributed by atoms with Crippen LogP contribution in [0.4, 0.5) is 0 Å². The molecule has 0 aliphatic carbocycles. The molecule has 0 fully saturated rings. The molecule has 1 aliphatic heterocycles. The van der Waals surface area contributed by atoms with Crippen molar-refractivity contribution in [3.8, 4) is 17.5 Å². The highest BCUT2D eigenvalue weighted by molar-refractivity contribution is 6.61. The molecule has 0 unspecified atom stereocenters. The van der Waals surface area contributed by atoms with Gasteiger partial charge in [-0.1, -0.05) is 6.07 Å². The number of benzene rings is 1. The number of esters is 1. The molecule has 1 N–H and O–H groups in total. The van der Waals surface area contributed by atoms with E-state index in [1.807, 2.05) is 0 Å². The van der Waals surface area contributed by atoms with Crippen LogP contribution in [-0.4, -0.2) is 36.8 Å². The topological polar surface area (TPSA) is 87.1 Å². The summed E-state index contributed by atoms with van der Waals surface area (Å²) in [4.78, 5) is 15.9. The van der Waals surface area contributed by atoms with Gasteiger partial charge in [-0.05, 0) is 36.1 Å². The molecule has 0 amide bonds. The van der Waals surface area contributed by atoms with Crippen molar-refractivity contribution < 1.29 is 28.7 Å². The molecule has 2 heterocycles. The molecule has 24 heavy (non-hydrogen) atoms. The van der Waals surface area contributed by atoms with E-state index in [1.54, 1.807) is 37.3 Å². The number of ether oxygens (including phenoxy) is 3. The Labute approximate surface area is 139 Å². The third-order valence-corrected chi connectivity index (χ3v) is 3.52. The molecule has 1 aliphatic rings. The molecule has 1 aromatic heterocycles. The lowest BCUT2D eigenvalue weighted by Gasteiger charge is -2.11. The van der Waals surface area contributed by atoms with Crippen molar-refractivity contribution >= 4 is 18.6 Å². The molecular weight excluding hydrogens is 313 g/mol. The van der Waals surface area contributed by atoms with Crippen LogP contribution in [0.3, 0.4) is 0 Å². The first-order valence-electron chi connectivity index (χ1n) is 7.45. The number of pyridine rings is 1. The average molecular weight is 329 g/mol. The molecule has 7 nitrogen and oxygen atoms in total. The van der Waals surface area contributed by atoms with E-state index >= 15 is 0 Å². The highest BCUT2D eigenvalue weighted by atomic mass is 16.5. The van der Waals surface area contributed by atoms with Gasteiger partial charge in [-0.2, -0.15) is 4.98 Å². The lowest BCUT2D eigenvalue weighted by Crippen LogP contribution is -2.27. The second-order valence-corrected chi connectivity index (χ2v) is 5.05. The lowest BCUT2D eigenvalue weighted by atomic mass is 9.80. The number of methoxy groups -OCH3 is 1. The first-order valence-corrected chi connectivity index (χ1v) is 7.45. The monoisotopic (exact) mass is 329 g/mol. The Kier molecular flexibility index (Phi) is 4.68. The summed E-state index contributed by atoms with van der Waals surface area (Å²) in [5.74, 6) is 0.459. The van der Waals surface area contributed by atoms with Gasteiger partial charge in [-0.3, -0.25) is 0 Å². The normalized spacial score (nSPS) is 12.7. The number of hydrogen-bond donors (Lipinski definition) is 1. The van der Waals surface area contributed by atoms with Gasteiger partial charge < -0.3 is 23.9 Å². The number of hydrogen-bond acceptors (Lipinski definition) is 7. The standard InChI is InChI=1S/C16H16BNO6/c1-3-22-15-12(16(19)21-2)5-7-14(18-15)24-11-4-6-13-10(8-11)9-23-17(13)20/h4-8,20H,3,9H2,1-2H3. The molecule has 0 atom stereocenters. The maximum absolute atomic E-state index is 11.7. The first kappa shape index (κ1) is 16.3. The molecule has 2 aromatic rings. The van der Waals surface area contributed by atoms with Gasteiger partial charge in [0, 0.05) is 6.07 Å². The second-order valence-electron chi connectivity index (χ2n) is 5.05. The number of aromatic nitrogens is 1. The SMILES string of the molecule is CCOc1nc(Oc2ccc3c(c2)COB3O)ccc1C(=O)OC. The molecule has 0 radical (unpaired) electrons. The van der Waals surface area contributed by atoms with Crippen LogP contribution in [0, 0.1) is 0 Å². The zero-order valence-electron chi connectivity index (χ0n) is 13.3. The van der Waals surface area contributed by atoms with Crippen LogP contribution in [0.1, 0.15) is 22.8 Å². The Hall–Kier alpha value is -2.58. The summed E-state index contributed by atoms with van der Waals surface area (Å²) in [5.41, 5.74) is 1.82. The zero-order chi connectivity index (χ0) is 17.1. The number of nitrogens with zero attached hydrogens (tertiary/aromatic N) is 1. The molecule has 0 bridgehead atoms. The number of rotatable bonds is 5. The fraction of sp³-hybridized carbons (Fsp3) is 0.250. The van der Waals surface area contributed by atoms with E-state index in [1.165, 1.54) is 7.11 Å². The van der Waals surface area contributed by atoms with Gasteiger partial charge in [0.15, 0.2) is 0 Å². The quantitative estimate of drug-likeness (QED) is 0.653. The Morgan fingerprint density at radius 3 is 2.96 bits per heavy atom. The van der Waals surface area contributed by atoms with Crippen LogP contribution < -0.4 is 14.9 Å². The van der Waals surface area contributed by atoms with E-state index in [4.69, 9.17) is 18.9 Å². The fourth-order valence-electron chi connectivity index (χ4n) is 2.38. The number of carbonyl (C=O) groups excluding carboxylic acids is 1. The van der Waals surface area contributed by atoms with Gasteiger partial charge in [0.05, 0.1) is 20.3 Å². The smallest absolute Gasteiger partial charge is 0.477 e. The van der Waals surface area contributed by atoms with Crippen LogP contribution in [0.5, 0.6) is 17.5 Å². The van der Waals surface area contributed by atoms with E-state index in [2.05, 4.69) is 4.98 Å². The summed E-state index contributed by atoms with van der Waals surface area (Å²) < 4.78 is 20.9. The second kappa shape index (κ2) is 6.90. The highest BCUT2D eigenvalue weighted by Gasteiger charge is 2.27. The predicted octanol–water partition coefficient (Wildman–Crippen LogP) is 1.28. The van der Waals surface area contributed by atoms with Crippen molar-refractivity contribution in [1.82, 2.24) is 4.98 Å². The van der Waals surface area contributed by atoms with Crippen molar-refractivity contribution in [3.63, 3.8) is 0 Å². The van der Waals surface area contributed by atoms with Gasteiger partial charge in [0.1, 0.15) is 11.3 Å². The fourth-order valence-corrected chi connectivity index (χ4v) is 2.38. The van der Waals surface area contributed by atoms with Crippen molar-refractivity contribution in [2.45, 2.75) is 13.5 Å². The van der Waals surface area contributed by atoms with E-state index in [0.717, 1.165) is 11.0 Å². The minimum atomic E-state index is -0.893. The minimum absolute atomic E-state index is 0.154. The summed E-state index contributed by atoms with van der Waals surface area (Å²) in [6.45, 7) is 2.48. The zero-order valence-corrected chi connectivity index (χ0v) is 13.3. The van der Waals surface area contributed by atoms with Gasteiger partial charge in [-0.25, -0.2) is 4.79 Å². The summed E-state index contributed by atoms with van der Waals surface area (Å²) in [6.07, 6.45) is 0. The van der Waals surface area contributed by atoms with Crippen LogP contribution >= 0.6 is 0 Å². The maximum Gasteiger partial charge on any atom is 0.491 e. The van der Waals surface area contributed by atoms with E-state index < -0.39 is 13.1 Å². The Morgan fingerprint density at radius 2 is 2.21 bits per heavy atom. The molecule has 3 rings (SSSR count). The first-order chi connectivity index (χ1) is 11.6. The van der Waals surface area contributed by atoms with Crippen molar-refractivity contribution in [2.24, 2.45) is 0 Å². The Morgan fingerprint density at radius 1 is 1.38 bits per heavy atom. The van der Waals surface area contributed by atoms with Crippen molar-refractivity contribution in [1.29, 1.82) is 0 Å². The maximum atomic E-state index is 11.7. The Balaban J connectivity index is 1.85. The highest BCUT2D eigenvalue weighted by Crippen LogP contribution is 2.26.